The third kappa shape index (κ3) is 6.52. The zero-order valence-electron chi connectivity index (χ0n) is 22.3. The van der Waals surface area contributed by atoms with Crippen LogP contribution in [0.5, 0.6) is 0 Å². The number of aromatic nitrogens is 3. The molecule has 0 aliphatic carbocycles. The lowest BCUT2D eigenvalue weighted by atomic mass is 10.0. The van der Waals surface area contributed by atoms with Crippen molar-refractivity contribution in [3.63, 3.8) is 0 Å². The Bertz CT molecular complexity index is 1320. The number of carbonyl (C=O) groups is 2. The number of halogens is 2. The second kappa shape index (κ2) is 9.95. The van der Waals surface area contributed by atoms with E-state index >= 15 is 8.78 Å². The molecule has 1 amide bonds. The topological polar surface area (TPSA) is 113 Å². The number of carbonyl (C=O) groups excluding carboxylic acids is 2. The highest BCUT2D eigenvalue weighted by atomic mass is 19.1. The predicted molar refractivity (Wildman–Crippen MR) is 136 cm³/mol. The fourth-order valence-electron chi connectivity index (χ4n) is 3.56. The molecule has 0 bridgehead atoms. The molecule has 2 aromatic heterocycles. The fourth-order valence-corrected chi connectivity index (χ4v) is 3.56. The molecule has 3 rings (SSSR count). The van der Waals surface area contributed by atoms with Crippen molar-refractivity contribution in [3.8, 4) is 11.3 Å². The van der Waals surface area contributed by atoms with E-state index in [9.17, 15) is 9.59 Å². The molecular weight excluding hydrogens is 484 g/mol. The Labute approximate surface area is 214 Å². The highest BCUT2D eigenvalue weighted by Gasteiger charge is 2.26. The van der Waals surface area contributed by atoms with Crippen LogP contribution in [0.1, 0.15) is 61.0 Å². The minimum atomic E-state index is -0.868. The Morgan fingerprint density at radius 3 is 2.11 bits per heavy atom. The first-order chi connectivity index (χ1) is 17.0. The third-order valence-electron chi connectivity index (χ3n) is 5.12. The summed E-state index contributed by atoms with van der Waals surface area (Å²) in [5.74, 6) is -1.76. The summed E-state index contributed by atoms with van der Waals surface area (Å²) in [6, 6.07) is 3.39. The minimum Gasteiger partial charge on any atom is -0.444 e. The maximum absolute atomic E-state index is 15.2. The molecule has 1 aromatic carbocycles. The molecule has 3 aromatic rings. The molecule has 0 atom stereocenters. The molecule has 0 aliphatic heterocycles. The van der Waals surface area contributed by atoms with Gasteiger partial charge in [0.2, 0.25) is 0 Å². The standard InChI is InChI=1S/C26H33F2N5O4/c1-14(2)32(23(34)36-25(3,4)5)13-15-9-17(27)21(18(28)10-15)19-11-16-20(12-30-19)33(31-22(16)29)24(35)37-26(6,7)8/h9-12,14H,13H2,1-8H3,(H2,29,31). The number of pyridine rings is 1. The minimum absolute atomic E-state index is 0.0214. The molecule has 200 valence electrons. The summed E-state index contributed by atoms with van der Waals surface area (Å²) in [6.07, 6.45) is -0.0876. The smallest absolute Gasteiger partial charge is 0.435 e. The molecule has 0 fully saturated rings. The quantitative estimate of drug-likeness (QED) is 0.459. The zero-order valence-corrected chi connectivity index (χ0v) is 22.3. The van der Waals surface area contributed by atoms with E-state index in [0.717, 1.165) is 16.8 Å². The maximum atomic E-state index is 15.2. The zero-order chi connectivity index (χ0) is 27.9. The van der Waals surface area contributed by atoms with Crippen molar-refractivity contribution in [1.29, 1.82) is 0 Å². The molecule has 2 heterocycles. The van der Waals surface area contributed by atoms with Crippen molar-refractivity contribution >= 4 is 28.9 Å². The summed E-state index contributed by atoms with van der Waals surface area (Å²) in [4.78, 5) is 30.6. The Hall–Kier alpha value is -3.76. The molecule has 0 saturated heterocycles. The number of rotatable bonds is 4. The van der Waals surface area contributed by atoms with Gasteiger partial charge in [0.15, 0.2) is 5.82 Å². The lowest BCUT2D eigenvalue weighted by Crippen LogP contribution is -2.40. The van der Waals surface area contributed by atoms with E-state index in [1.54, 1.807) is 55.4 Å². The molecule has 9 nitrogen and oxygen atoms in total. The maximum Gasteiger partial charge on any atom is 0.435 e. The first kappa shape index (κ1) is 27.8. The lowest BCUT2D eigenvalue weighted by Gasteiger charge is -2.30. The Morgan fingerprint density at radius 2 is 1.59 bits per heavy atom. The van der Waals surface area contributed by atoms with Gasteiger partial charge >= 0.3 is 12.2 Å². The van der Waals surface area contributed by atoms with Gasteiger partial charge in [0, 0.05) is 18.0 Å². The number of hydrogen-bond acceptors (Lipinski definition) is 7. The summed E-state index contributed by atoms with van der Waals surface area (Å²) in [5.41, 5.74) is 4.58. The van der Waals surface area contributed by atoms with Crippen molar-refractivity contribution in [2.24, 2.45) is 0 Å². The summed E-state index contributed by atoms with van der Waals surface area (Å²) in [6.45, 7) is 13.9. The van der Waals surface area contributed by atoms with Crippen molar-refractivity contribution in [1.82, 2.24) is 19.7 Å². The van der Waals surface area contributed by atoms with Gasteiger partial charge in [-0.3, -0.25) is 4.98 Å². The van der Waals surface area contributed by atoms with Gasteiger partial charge in [0.1, 0.15) is 28.4 Å². The molecule has 2 N–H and O–H groups in total. The van der Waals surface area contributed by atoms with Crippen LogP contribution in [0.15, 0.2) is 24.4 Å². The molecule has 0 radical (unpaired) electrons. The normalized spacial score (nSPS) is 12.2. The Kier molecular flexibility index (Phi) is 7.48. The van der Waals surface area contributed by atoms with Crippen LogP contribution in [0.25, 0.3) is 22.2 Å². The van der Waals surface area contributed by atoms with Gasteiger partial charge in [0.25, 0.3) is 0 Å². The molecule has 0 unspecified atom stereocenters. The molecule has 11 heteroatoms. The van der Waals surface area contributed by atoms with E-state index in [1.807, 2.05) is 0 Å². The Morgan fingerprint density at radius 1 is 1.03 bits per heavy atom. The van der Waals surface area contributed by atoms with Crippen molar-refractivity contribution in [2.45, 2.75) is 79.2 Å². The van der Waals surface area contributed by atoms with Crippen LogP contribution in [0.2, 0.25) is 0 Å². The van der Waals surface area contributed by atoms with Gasteiger partial charge in [-0.25, -0.2) is 18.4 Å². The van der Waals surface area contributed by atoms with Gasteiger partial charge in [-0.15, -0.1) is 5.10 Å². The Balaban J connectivity index is 1.95. The SMILES string of the molecule is CC(C)N(Cc1cc(F)c(-c2cc3c(N)nn(C(=O)OC(C)(C)C)c3cn2)c(F)c1)C(=O)OC(C)(C)C. The van der Waals surface area contributed by atoms with Crippen LogP contribution in [-0.2, 0) is 16.0 Å². The van der Waals surface area contributed by atoms with Gasteiger partial charge < -0.3 is 20.1 Å². The van der Waals surface area contributed by atoms with E-state index in [1.165, 1.54) is 17.2 Å². The summed E-state index contributed by atoms with van der Waals surface area (Å²) < 4.78 is 42.1. The number of hydrogen-bond donors (Lipinski definition) is 1. The number of nitrogens with zero attached hydrogens (tertiary/aromatic N) is 4. The van der Waals surface area contributed by atoms with Gasteiger partial charge in [-0.05, 0) is 79.2 Å². The predicted octanol–water partition coefficient (Wildman–Crippen LogP) is 5.89. The summed E-state index contributed by atoms with van der Waals surface area (Å²) >= 11 is 0. The van der Waals surface area contributed by atoms with E-state index in [4.69, 9.17) is 15.2 Å². The van der Waals surface area contributed by atoms with Crippen LogP contribution in [0.3, 0.4) is 0 Å². The number of nitrogen functional groups attached to an aromatic ring is 1. The highest BCUT2D eigenvalue weighted by Crippen LogP contribution is 2.31. The molecule has 0 aliphatic rings. The fraction of sp³-hybridized carbons (Fsp3) is 0.462. The first-order valence-corrected chi connectivity index (χ1v) is 11.8. The average molecular weight is 518 g/mol. The van der Waals surface area contributed by atoms with Crippen molar-refractivity contribution in [2.75, 3.05) is 5.73 Å². The monoisotopic (exact) mass is 517 g/mol. The number of anilines is 1. The van der Waals surface area contributed by atoms with Crippen LogP contribution in [-0.4, -0.2) is 49.1 Å². The highest BCUT2D eigenvalue weighted by molar-refractivity contribution is 5.96. The number of nitrogens with two attached hydrogens (primary N) is 1. The second-order valence-corrected chi connectivity index (χ2v) is 11.0. The number of fused-ring (bicyclic) bond motifs is 1. The van der Waals surface area contributed by atoms with Crippen LogP contribution < -0.4 is 5.73 Å². The van der Waals surface area contributed by atoms with Gasteiger partial charge in [-0.2, -0.15) is 4.68 Å². The first-order valence-electron chi connectivity index (χ1n) is 11.8. The second-order valence-electron chi connectivity index (χ2n) is 11.0. The van der Waals surface area contributed by atoms with E-state index < -0.39 is 35.0 Å². The number of ether oxygens (including phenoxy) is 2. The largest absolute Gasteiger partial charge is 0.444 e. The average Bonchev–Trinajstić information content (AvgIpc) is 3.05. The molecule has 37 heavy (non-hydrogen) atoms. The number of benzene rings is 1. The van der Waals surface area contributed by atoms with Crippen LogP contribution >= 0.6 is 0 Å². The lowest BCUT2D eigenvalue weighted by molar-refractivity contribution is 0.0171. The number of amides is 1. The van der Waals surface area contributed by atoms with E-state index in [0.29, 0.717) is 0 Å². The summed E-state index contributed by atoms with van der Waals surface area (Å²) in [7, 11) is 0. The van der Waals surface area contributed by atoms with Crippen molar-refractivity contribution in [3.05, 3.63) is 41.6 Å². The van der Waals surface area contributed by atoms with Gasteiger partial charge in [0.05, 0.1) is 17.5 Å². The van der Waals surface area contributed by atoms with E-state index in [2.05, 4.69) is 10.1 Å². The van der Waals surface area contributed by atoms with Gasteiger partial charge in [-0.1, -0.05) is 0 Å². The van der Waals surface area contributed by atoms with Crippen LogP contribution in [0, 0.1) is 11.6 Å². The molecule has 0 saturated carbocycles. The van der Waals surface area contributed by atoms with Crippen molar-refractivity contribution < 1.29 is 27.8 Å². The van der Waals surface area contributed by atoms with E-state index in [-0.39, 0.29) is 46.1 Å². The summed E-state index contributed by atoms with van der Waals surface area (Å²) in [5, 5.41) is 4.29. The molecular formula is C26H33F2N5O4. The third-order valence-corrected chi connectivity index (χ3v) is 5.12. The van der Waals surface area contributed by atoms with Crippen LogP contribution in [0.4, 0.5) is 24.2 Å². The molecule has 0 spiro atoms.